The number of nitrogens with one attached hydrogen (secondary N) is 2. The zero-order valence-electron chi connectivity index (χ0n) is 10.4. The van der Waals surface area contributed by atoms with E-state index in [2.05, 4.69) is 20.6 Å². The van der Waals surface area contributed by atoms with Crippen LogP contribution >= 0.6 is 0 Å². The number of hydrogen-bond acceptors (Lipinski definition) is 5. The largest absolute Gasteiger partial charge is 0.394 e. The molecule has 0 radical (unpaired) electrons. The molecule has 0 saturated heterocycles. The highest BCUT2D eigenvalue weighted by molar-refractivity contribution is 5.41. The van der Waals surface area contributed by atoms with E-state index in [4.69, 9.17) is 0 Å². The van der Waals surface area contributed by atoms with Crippen LogP contribution in [0.15, 0.2) is 6.20 Å². The zero-order chi connectivity index (χ0) is 12.8. The molecular formula is C11H19FN4O. The van der Waals surface area contributed by atoms with Crippen LogP contribution in [0.2, 0.25) is 0 Å². The van der Waals surface area contributed by atoms with Crippen LogP contribution in [0, 0.1) is 11.7 Å². The second kappa shape index (κ2) is 6.34. The monoisotopic (exact) mass is 242 g/mol. The van der Waals surface area contributed by atoms with Crippen LogP contribution in [0.5, 0.6) is 0 Å². The Kier molecular flexibility index (Phi) is 5.09. The summed E-state index contributed by atoms with van der Waals surface area (Å²) >= 11 is 0. The molecular weight excluding hydrogens is 223 g/mol. The maximum atomic E-state index is 13.5. The lowest BCUT2D eigenvalue weighted by Gasteiger charge is -2.20. The number of hydrogen-bond donors (Lipinski definition) is 3. The molecule has 0 saturated carbocycles. The van der Waals surface area contributed by atoms with Gasteiger partial charge >= 0.3 is 0 Å². The molecule has 0 fully saturated rings. The fourth-order valence-corrected chi connectivity index (χ4v) is 1.31. The summed E-state index contributed by atoms with van der Waals surface area (Å²) in [4.78, 5) is 7.82. The minimum atomic E-state index is -0.522. The minimum absolute atomic E-state index is 0.0718. The first-order valence-corrected chi connectivity index (χ1v) is 5.72. The van der Waals surface area contributed by atoms with Crippen molar-refractivity contribution in [3.8, 4) is 0 Å². The SMILES string of the molecule is CCNc1ncc(F)c(NC(CO)C(C)C)n1. The third-order valence-corrected chi connectivity index (χ3v) is 2.40. The van der Waals surface area contributed by atoms with E-state index in [1.165, 1.54) is 0 Å². The van der Waals surface area contributed by atoms with Gasteiger partial charge in [0.05, 0.1) is 18.8 Å². The van der Waals surface area contributed by atoms with E-state index < -0.39 is 5.82 Å². The minimum Gasteiger partial charge on any atom is -0.394 e. The van der Waals surface area contributed by atoms with Gasteiger partial charge in [-0.25, -0.2) is 9.37 Å². The number of aliphatic hydroxyl groups is 1. The molecule has 17 heavy (non-hydrogen) atoms. The van der Waals surface area contributed by atoms with Crippen molar-refractivity contribution in [2.45, 2.75) is 26.8 Å². The first-order valence-electron chi connectivity index (χ1n) is 5.72. The standard InChI is InChI=1S/C11H19FN4O/c1-4-13-11-14-5-8(12)10(16-11)15-9(6-17)7(2)3/h5,7,9,17H,4,6H2,1-3H3,(H2,13,14,15,16). The van der Waals surface area contributed by atoms with E-state index >= 15 is 0 Å². The Bertz CT molecular complexity index is 359. The number of rotatable bonds is 6. The molecule has 96 valence electrons. The van der Waals surface area contributed by atoms with Gasteiger partial charge in [-0.2, -0.15) is 4.98 Å². The molecule has 3 N–H and O–H groups in total. The van der Waals surface area contributed by atoms with E-state index in [0.29, 0.717) is 12.5 Å². The van der Waals surface area contributed by atoms with Crippen molar-refractivity contribution in [2.24, 2.45) is 5.92 Å². The summed E-state index contributed by atoms with van der Waals surface area (Å²) in [5.74, 6) is 0.142. The highest BCUT2D eigenvalue weighted by Crippen LogP contribution is 2.15. The van der Waals surface area contributed by atoms with Crippen molar-refractivity contribution in [1.82, 2.24) is 9.97 Å². The van der Waals surface area contributed by atoms with Gasteiger partial charge in [0, 0.05) is 6.54 Å². The van der Waals surface area contributed by atoms with Crippen molar-refractivity contribution in [1.29, 1.82) is 0 Å². The van der Waals surface area contributed by atoms with Gasteiger partial charge in [-0.05, 0) is 12.8 Å². The average Bonchev–Trinajstić information content (AvgIpc) is 2.29. The zero-order valence-corrected chi connectivity index (χ0v) is 10.4. The normalized spacial score (nSPS) is 12.6. The Morgan fingerprint density at radius 2 is 2.18 bits per heavy atom. The molecule has 0 bridgehead atoms. The van der Waals surface area contributed by atoms with Crippen molar-refractivity contribution in [3.05, 3.63) is 12.0 Å². The number of aromatic nitrogens is 2. The molecule has 1 atom stereocenters. The van der Waals surface area contributed by atoms with Crippen molar-refractivity contribution in [2.75, 3.05) is 23.8 Å². The van der Waals surface area contributed by atoms with Crippen LogP contribution in [0.3, 0.4) is 0 Å². The van der Waals surface area contributed by atoms with E-state index in [1.807, 2.05) is 20.8 Å². The van der Waals surface area contributed by atoms with Gasteiger partial charge in [-0.3, -0.25) is 0 Å². The van der Waals surface area contributed by atoms with Gasteiger partial charge in [0.1, 0.15) is 0 Å². The Balaban J connectivity index is 2.84. The molecule has 5 nitrogen and oxygen atoms in total. The van der Waals surface area contributed by atoms with Crippen LogP contribution in [0.1, 0.15) is 20.8 Å². The van der Waals surface area contributed by atoms with Crippen LogP contribution < -0.4 is 10.6 Å². The Hall–Kier alpha value is -1.43. The average molecular weight is 242 g/mol. The van der Waals surface area contributed by atoms with E-state index in [9.17, 15) is 9.50 Å². The molecule has 0 aliphatic rings. The van der Waals surface area contributed by atoms with Crippen molar-refractivity contribution < 1.29 is 9.50 Å². The topological polar surface area (TPSA) is 70.1 Å². The van der Waals surface area contributed by atoms with Gasteiger partial charge in [0.15, 0.2) is 11.6 Å². The molecule has 0 aliphatic heterocycles. The summed E-state index contributed by atoms with van der Waals surface area (Å²) in [7, 11) is 0. The van der Waals surface area contributed by atoms with Gasteiger partial charge in [0.25, 0.3) is 0 Å². The van der Waals surface area contributed by atoms with Crippen LogP contribution in [-0.4, -0.2) is 34.3 Å². The smallest absolute Gasteiger partial charge is 0.224 e. The van der Waals surface area contributed by atoms with Gasteiger partial charge in [-0.15, -0.1) is 0 Å². The molecule has 0 amide bonds. The summed E-state index contributed by atoms with van der Waals surface area (Å²) in [6.45, 7) is 6.39. The second-order valence-corrected chi connectivity index (χ2v) is 4.10. The number of nitrogens with zero attached hydrogens (tertiary/aromatic N) is 2. The fraction of sp³-hybridized carbons (Fsp3) is 0.636. The van der Waals surface area contributed by atoms with Crippen LogP contribution in [0.25, 0.3) is 0 Å². The Morgan fingerprint density at radius 3 is 2.71 bits per heavy atom. The third kappa shape index (κ3) is 3.81. The molecule has 6 heteroatoms. The second-order valence-electron chi connectivity index (χ2n) is 4.10. The van der Waals surface area contributed by atoms with Crippen LogP contribution in [0.4, 0.5) is 16.2 Å². The van der Waals surface area contributed by atoms with Crippen LogP contribution in [-0.2, 0) is 0 Å². The summed E-state index contributed by atoms with van der Waals surface area (Å²) in [5, 5.41) is 15.0. The fourth-order valence-electron chi connectivity index (χ4n) is 1.31. The lowest BCUT2D eigenvalue weighted by atomic mass is 10.1. The molecule has 0 aromatic carbocycles. The first kappa shape index (κ1) is 13.6. The lowest BCUT2D eigenvalue weighted by Crippen LogP contribution is -2.30. The summed E-state index contributed by atoms with van der Waals surface area (Å²) < 4.78 is 13.5. The van der Waals surface area contributed by atoms with Crippen molar-refractivity contribution in [3.63, 3.8) is 0 Å². The van der Waals surface area contributed by atoms with Gasteiger partial charge in [-0.1, -0.05) is 13.8 Å². The lowest BCUT2D eigenvalue weighted by molar-refractivity contribution is 0.248. The summed E-state index contributed by atoms with van der Waals surface area (Å²) in [5.41, 5.74) is 0. The quantitative estimate of drug-likeness (QED) is 0.705. The van der Waals surface area contributed by atoms with E-state index in [1.54, 1.807) is 0 Å². The molecule has 1 heterocycles. The highest BCUT2D eigenvalue weighted by Gasteiger charge is 2.15. The predicted octanol–water partition coefficient (Wildman–Crippen LogP) is 1.48. The predicted molar refractivity (Wildman–Crippen MR) is 65.5 cm³/mol. The number of aliphatic hydroxyl groups excluding tert-OH is 1. The summed E-state index contributed by atoms with van der Waals surface area (Å²) in [6.07, 6.45) is 1.11. The number of halogens is 1. The number of anilines is 2. The molecule has 1 rings (SSSR count). The summed E-state index contributed by atoms with van der Waals surface area (Å²) in [6, 6.07) is -0.228. The Morgan fingerprint density at radius 1 is 1.47 bits per heavy atom. The van der Waals surface area contributed by atoms with Crippen molar-refractivity contribution >= 4 is 11.8 Å². The highest BCUT2D eigenvalue weighted by atomic mass is 19.1. The Labute approximate surface area is 100 Å². The molecule has 1 aromatic rings. The van der Waals surface area contributed by atoms with E-state index in [0.717, 1.165) is 6.20 Å². The molecule has 0 aliphatic carbocycles. The third-order valence-electron chi connectivity index (χ3n) is 2.40. The first-order chi connectivity index (χ1) is 8.08. The maximum Gasteiger partial charge on any atom is 0.224 e. The molecule has 0 spiro atoms. The van der Waals surface area contributed by atoms with E-state index in [-0.39, 0.29) is 24.4 Å². The molecule has 1 aromatic heterocycles. The van der Waals surface area contributed by atoms with Gasteiger partial charge in [0.2, 0.25) is 5.95 Å². The van der Waals surface area contributed by atoms with Gasteiger partial charge < -0.3 is 15.7 Å². The maximum absolute atomic E-state index is 13.5. The molecule has 1 unspecified atom stereocenters.